The van der Waals surface area contributed by atoms with Gasteiger partial charge in [0.05, 0.1) is 6.04 Å². The van der Waals surface area contributed by atoms with Crippen molar-refractivity contribution < 1.29 is 4.79 Å². The fourth-order valence-corrected chi connectivity index (χ4v) is 4.77. The number of hydrogen-bond acceptors (Lipinski definition) is 3. The molecule has 28 heavy (non-hydrogen) atoms. The molecule has 3 aromatic rings. The Bertz CT molecular complexity index is 825. The third-order valence-corrected chi connectivity index (χ3v) is 6.19. The van der Waals surface area contributed by atoms with Crippen LogP contribution in [-0.4, -0.2) is 23.9 Å². The van der Waals surface area contributed by atoms with E-state index in [1.54, 1.807) is 11.3 Å². The minimum absolute atomic E-state index is 0.105. The van der Waals surface area contributed by atoms with E-state index in [4.69, 9.17) is 0 Å². The summed E-state index contributed by atoms with van der Waals surface area (Å²) in [7, 11) is 0. The van der Waals surface area contributed by atoms with E-state index in [1.807, 2.05) is 36.4 Å². The van der Waals surface area contributed by atoms with E-state index in [-0.39, 0.29) is 11.9 Å². The molecule has 2 heterocycles. The van der Waals surface area contributed by atoms with Crippen LogP contribution < -0.4 is 5.32 Å². The van der Waals surface area contributed by atoms with Crippen LogP contribution in [0.25, 0.3) is 0 Å². The number of nitrogens with zero attached hydrogens (tertiary/aromatic N) is 1. The van der Waals surface area contributed by atoms with Crippen molar-refractivity contribution in [2.75, 3.05) is 13.1 Å². The molecule has 1 unspecified atom stereocenters. The summed E-state index contributed by atoms with van der Waals surface area (Å²) in [5.41, 5.74) is 3.62. The van der Waals surface area contributed by atoms with Gasteiger partial charge in [-0.1, -0.05) is 60.7 Å². The van der Waals surface area contributed by atoms with Crippen LogP contribution in [0, 0.1) is 0 Å². The molecule has 3 nitrogen and oxygen atoms in total. The summed E-state index contributed by atoms with van der Waals surface area (Å²) in [6.45, 7) is 1.89. The van der Waals surface area contributed by atoms with Crippen LogP contribution in [0.15, 0.2) is 77.5 Å². The third-order valence-electron chi connectivity index (χ3n) is 5.49. The number of carbonyl (C=O) groups excluding carboxylic acids is 1. The third kappa shape index (κ3) is 4.51. The zero-order valence-corrected chi connectivity index (χ0v) is 16.8. The zero-order valence-electron chi connectivity index (χ0n) is 16.0. The molecule has 0 spiro atoms. The maximum Gasteiger partial charge on any atom is 0.222 e. The van der Waals surface area contributed by atoms with Crippen LogP contribution >= 0.6 is 11.3 Å². The Hall–Kier alpha value is -2.43. The highest BCUT2D eigenvalue weighted by atomic mass is 32.1. The van der Waals surface area contributed by atoms with Gasteiger partial charge < -0.3 is 5.32 Å². The van der Waals surface area contributed by atoms with Gasteiger partial charge in [-0.25, -0.2) is 0 Å². The number of thiophene rings is 1. The number of nitrogens with one attached hydrogen (secondary N) is 1. The van der Waals surface area contributed by atoms with Crippen molar-refractivity contribution in [2.24, 2.45) is 0 Å². The normalized spacial score (nSPS) is 17.1. The number of benzene rings is 2. The highest BCUT2D eigenvalue weighted by molar-refractivity contribution is 7.07. The second-order valence-corrected chi connectivity index (χ2v) is 8.10. The highest BCUT2D eigenvalue weighted by Crippen LogP contribution is 2.33. The fraction of sp³-hybridized carbons (Fsp3) is 0.292. The van der Waals surface area contributed by atoms with E-state index in [0.29, 0.717) is 12.5 Å². The number of carbonyl (C=O) groups is 1. The lowest BCUT2D eigenvalue weighted by atomic mass is 9.98. The van der Waals surface area contributed by atoms with Gasteiger partial charge in [0.25, 0.3) is 0 Å². The predicted octanol–water partition coefficient (Wildman–Crippen LogP) is 5.18. The van der Waals surface area contributed by atoms with E-state index in [1.165, 1.54) is 18.4 Å². The van der Waals surface area contributed by atoms with Gasteiger partial charge in [0.15, 0.2) is 0 Å². The molecule has 0 aliphatic carbocycles. The fourth-order valence-electron chi connectivity index (χ4n) is 4.06. The van der Waals surface area contributed by atoms with Gasteiger partial charge >= 0.3 is 0 Å². The Morgan fingerprint density at radius 1 is 1.04 bits per heavy atom. The standard InChI is InChI=1S/C24H26N2OS/c27-23(13-16-26-15-7-12-22(26)21-14-17-28-18-21)25-24(19-8-3-1-4-9-19)20-10-5-2-6-11-20/h1-6,8-11,14,17-18,22,24H,7,12-13,15-16H2,(H,25,27). The van der Waals surface area contributed by atoms with Crippen LogP contribution in [-0.2, 0) is 4.79 Å². The van der Waals surface area contributed by atoms with Gasteiger partial charge in [0, 0.05) is 19.0 Å². The first kappa shape index (κ1) is 18.9. The molecule has 4 heteroatoms. The zero-order chi connectivity index (χ0) is 19.2. The van der Waals surface area contributed by atoms with Crippen molar-refractivity contribution in [3.63, 3.8) is 0 Å². The van der Waals surface area contributed by atoms with Gasteiger partial charge in [-0.15, -0.1) is 0 Å². The average Bonchev–Trinajstić information content (AvgIpc) is 3.43. The largest absolute Gasteiger partial charge is 0.345 e. The Balaban J connectivity index is 1.41. The van der Waals surface area contributed by atoms with Crippen LogP contribution in [0.5, 0.6) is 0 Å². The minimum atomic E-state index is -0.110. The Morgan fingerprint density at radius 2 is 1.71 bits per heavy atom. The van der Waals surface area contributed by atoms with Crippen molar-refractivity contribution in [3.8, 4) is 0 Å². The van der Waals surface area contributed by atoms with Crippen LogP contribution in [0.1, 0.15) is 48.0 Å². The molecule has 1 saturated heterocycles. The SMILES string of the molecule is O=C(CCN1CCCC1c1ccsc1)NC(c1ccccc1)c1ccccc1. The second-order valence-electron chi connectivity index (χ2n) is 7.32. The Morgan fingerprint density at radius 3 is 2.32 bits per heavy atom. The first-order valence-electron chi connectivity index (χ1n) is 9.96. The Kier molecular flexibility index (Phi) is 6.20. The van der Waals surface area contributed by atoms with Gasteiger partial charge in [-0.05, 0) is 52.9 Å². The minimum Gasteiger partial charge on any atom is -0.345 e. The average molecular weight is 391 g/mol. The predicted molar refractivity (Wildman–Crippen MR) is 115 cm³/mol. The summed E-state index contributed by atoms with van der Waals surface area (Å²) in [6, 6.07) is 23.0. The summed E-state index contributed by atoms with van der Waals surface area (Å²) in [5.74, 6) is 0.105. The van der Waals surface area contributed by atoms with E-state index >= 15 is 0 Å². The van der Waals surface area contributed by atoms with Crippen molar-refractivity contribution in [3.05, 3.63) is 94.2 Å². The monoisotopic (exact) mass is 390 g/mol. The smallest absolute Gasteiger partial charge is 0.222 e. The first-order chi connectivity index (χ1) is 13.8. The molecule has 0 saturated carbocycles. The molecule has 1 aliphatic heterocycles. The van der Waals surface area contributed by atoms with E-state index in [2.05, 4.69) is 51.3 Å². The van der Waals surface area contributed by atoms with E-state index in [0.717, 1.165) is 24.2 Å². The van der Waals surface area contributed by atoms with Gasteiger partial charge in [-0.2, -0.15) is 11.3 Å². The molecule has 0 radical (unpaired) electrons. The topological polar surface area (TPSA) is 32.3 Å². The van der Waals surface area contributed by atoms with Crippen LogP contribution in [0.4, 0.5) is 0 Å². The summed E-state index contributed by atoms with van der Waals surface area (Å²) in [6.07, 6.45) is 2.92. The van der Waals surface area contributed by atoms with Gasteiger partial charge in [0.1, 0.15) is 0 Å². The summed E-state index contributed by atoms with van der Waals surface area (Å²) in [4.78, 5) is 15.3. The highest BCUT2D eigenvalue weighted by Gasteiger charge is 2.26. The molecule has 2 aromatic carbocycles. The molecular weight excluding hydrogens is 364 g/mol. The lowest BCUT2D eigenvalue weighted by molar-refractivity contribution is -0.122. The number of rotatable bonds is 7. The number of amides is 1. The quantitative estimate of drug-likeness (QED) is 0.603. The van der Waals surface area contributed by atoms with Crippen molar-refractivity contribution >= 4 is 17.2 Å². The molecule has 144 valence electrons. The molecule has 0 bridgehead atoms. The second kappa shape index (κ2) is 9.18. The maximum atomic E-state index is 12.8. The van der Waals surface area contributed by atoms with Crippen LogP contribution in [0.3, 0.4) is 0 Å². The summed E-state index contributed by atoms with van der Waals surface area (Å²) >= 11 is 1.75. The summed E-state index contributed by atoms with van der Waals surface area (Å²) in [5, 5.41) is 7.64. The van der Waals surface area contributed by atoms with Gasteiger partial charge in [0.2, 0.25) is 5.91 Å². The first-order valence-corrected chi connectivity index (χ1v) is 10.9. The molecule has 1 aromatic heterocycles. The van der Waals surface area contributed by atoms with Crippen molar-refractivity contribution in [1.82, 2.24) is 10.2 Å². The molecule has 1 N–H and O–H groups in total. The number of likely N-dealkylation sites (tertiary alicyclic amines) is 1. The maximum absolute atomic E-state index is 12.8. The van der Waals surface area contributed by atoms with Gasteiger partial charge in [-0.3, -0.25) is 9.69 Å². The molecular formula is C24H26N2OS. The van der Waals surface area contributed by atoms with E-state index in [9.17, 15) is 4.79 Å². The lowest BCUT2D eigenvalue weighted by Gasteiger charge is -2.25. The van der Waals surface area contributed by atoms with Crippen LogP contribution in [0.2, 0.25) is 0 Å². The molecule has 1 amide bonds. The Labute approximate surface area is 171 Å². The molecule has 4 rings (SSSR count). The molecule has 1 atom stereocenters. The summed E-state index contributed by atoms with van der Waals surface area (Å²) < 4.78 is 0. The number of hydrogen-bond donors (Lipinski definition) is 1. The molecule has 1 fully saturated rings. The van der Waals surface area contributed by atoms with Crippen molar-refractivity contribution in [1.29, 1.82) is 0 Å². The molecule has 1 aliphatic rings. The lowest BCUT2D eigenvalue weighted by Crippen LogP contribution is -2.33. The van der Waals surface area contributed by atoms with Crippen molar-refractivity contribution in [2.45, 2.75) is 31.3 Å². The van der Waals surface area contributed by atoms with E-state index < -0.39 is 0 Å².